The highest BCUT2D eigenvalue weighted by atomic mass is 79.9. The Balaban J connectivity index is 2.54. The van der Waals surface area contributed by atoms with Gasteiger partial charge in [0.25, 0.3) is 0 Å². The molecule has 0 bridgehead atoms. The van der Waals surface area contributed by atoms with Crippen molar-refractivity contribution < 1.29 is 8.78 Å². The zero-order valence-corrected chi connectivity index (χ0v) is 10.9. The molecule has 0 unspecified atom stereocenters. The first-order valence-electron chi connectivity index (χ1n) is 5.04. The number of nitrogens with zero attached hydrogens (tertiary/aromatic N) is 1. The van der Waals surface area contributed by atoms with Crippen LogP contribution in [0, 0.1) is 11.6 Å². The van der Waals surface area contributed by atoms with Crippen LogP contribution in [-0.2, 0) is 0 Å². The lowest BCUT2D eigenvalue weighted by Gasteiger charge is -2.12. The standard InChI is InChI=1S/C11H15BrF2N2/c1-16(2)5-3-4-15-11-9(12)6-8(13)7-10(11)14/h6-7,15H,3-5H2,1-2H3. The first kappa shape index (κ1) is 13.4. The summed E-state index contributed by atoms with van der Waals surface area (Å²) < 4.78 is 26.6. The van der Waals surface area contributed by atoms with Crippen LogP contribution < -0.4 is 5.32 Å². The van der Waals surface area contributed by atoms with Gasteiger partial charge in [-0.25, -0.2) is 8.78 Å². The molecule has 0 atom stereocenters. The summed E-state index contributed by atoms with van der Waals surface area (Å²) in [5, 5.41) is 2.95. The van der Waals surface area contributed by atoms with Gasteiger partial charge in [0.1, 0.15) is 11.6 Å². The molecule has 0 aliphatic heterocycles. The fourth-order valence-corrected chi connectivity index (χ4v) is 1.87. The summed E-state index contributed by atoms with van der Waals surface area (Å²) in [7, 11) is 3.96. The van der Waals surface area contributed by atoms with E-state index >= 15 is 0 Å². The molecule has 0 aliphatic carbocycles. The van der Waals surface area contributed by atoms with Crippen molar-refractivity contribution in [3.8, 4) is 0 Å². The molecule has 0 saturated carbocycles. The van der Waals surface area contributed by atoms with Crippen LogP contribution in [0.15, 0.2) is 16.6 Å². The fraction of sp³-hybridized carbons (Fsp3) is 0.455. The minimum atomic E-state index is -0.580. The molecule has 0 saturated heterocycles. The quantitative estimate of drug-likeness (QED) is 0.839. The van der Waals surface area contributed by atoms with E-state index in [2.05, 4.69) is 26.1 Å². The molecule has 1 aromatic rings. The van der Waals surface area contributed by atoms with Crippen LogP contribution in [0.2, 0.25) is 0 Å². The molecular weight excluding hydrogens is 278 g/mol. The average Bonchev–Trinajstić information content (AvgIpc) is 2.14. The smallest absolute Gasteiger partial charge is 0.150 e. The summed E-state index contributed by atoms with van der Waals surface area (Å²) in [6, 6.07) is 2.12. The number of rotatable bonds is 5. The molecule has 1 N–H and O–H groups in total. The molecule has 0 fully saturated rings. The number of hydrogen-bond acceptors (Lipinski definition) is 2. The third-order valence-corrected chi connectivity index (χ3v) is 2.72. The SMILES string of the molecule is CN(C)CCCNc1c(F)cc(F)cc1Br. The van der Waals surface area contributed by atoms with Crippen molar-refractivity contribution in [1.29, 1.82) is 0 Å². The topological polar surface area (TPSA) is 15.3 Å². The zero-order valence-electron chi connectivity index (χ0n) is 9.36. The number of hydrogen-bond donors (Lipinski definition) is 1. The van der Waals surface area contributed by atoms with Crippen molar-refractivity contribution >= 4 is 21.6 Å². The molecule has 0 radical (unpaired) electrons. The van der Waals surface area contributed by atoms with Gasteiger partial charge in [0, 0.05) is 17.1 Å². The number of nitrogens with one attached hydrogen (secondary N) is 1. The van der Waals surface area contributed by atoms with E-state index in [0.717, 1.165) is 19.0 Å². The number of halogens is 3. The predicted molar refractivity (Wildman–Crippen MR) is 65.7 cm³/mol. The van der Waals surface area contributed by atoms with Crippen LogP contribution >= 0.6 is 15.9 Å². The molecule has 0 heterocycles. The largest absolute Gasteiger partial charge is 0.382 e. The number of benzene rings is 1. The minimum absolute atomic E-state index is 0.320. The molecule has 0 aliphatic rings. The van der Waals surface area contributed by atoms with Gasteiger partial charge in [-0.15, -0.1) is 0 Å². The van der Waals surface area contributed by atoms with Crippen LogP contribution in [0.1, 0.15) is 6.42 Å². The Morgan fingerprint density at radius 3 is 2.56 bits per heavy atom. The predicted octanol–water partition coefficient (Wildman–Crippen LogP) is 3.09. The van der Waals surface area contributed by atoms with Gasteiger partial charge in [0.15, 0.2) is 0 Å². The van der Waals surface area contributed by atoms with Gasteiger partial charge in [0.05, 0.1) is 5.69 Å². The van der Waals surface area contributed by atoms with Crippen molar-refractivity contribution in [2.24, 2.45) is 0 Å². The third-order valence-electron chi connectivity index (χ3n) is 2.09. The summed E-state index contributed by atoms with van der Waals surface area (Å²) in [5.74, 6) is -1.15. The second kappa shape index (κ2) is 6.15. The molecule has 0 spiro atoms. The van der Waals surface area contributed by atoms with Gasteiger partial charge in [-0.1, -0.05) is 0 Å². The van der Waals surface area contributed by atoms with E-state index in [9.17, 15) is 8.78 Å². The summed E-state index contributed by atoms with van der Waals surface area (Å²) in [6.45, 7) is 1.58. The van der Waals surface area contributed by atoms with Gasteiger partial charge in [-0.05, 0) is 49.1 Å². The van der Waals surface area contributed by atoms with Crippen LogP contribution in [0.3, 0.4) is 0 Å². The molecule has 16 heavy (non-hydrogen) atoms. The third kappa shape index (κ3) is 4.06. The summed E-state index contributed by atoms with van der Waals surface area (Å²) in [4.78, 5) is 2.05. The number of anilines is 1. The maximum absolute atomic E-state index is 13.4. The first-order chi connectivity index (χ1) is 7.50. The van der Waals surface area contributed by atoms with Gasteiger partial charge < -0.3 is 10.2 Å². The monoisotopic (exact) mass is 292 g/mol. The highest BCUT2D eigenvalue weighted by Crippen LogP contribution is 2.26. The molecule has 5 heteroatoms. The van der Waals surface area contributed by atoms with E-state index in [1.165, 1.54) is 6.07 Å². The van der Waals surface area contributed by atoms with Crippen LogP contribution in [-0.4, -0.2) is 32.1 Å². The van der Waals surface area contributed by atoms with Gasteiger partial charge in [-0.3, -0.25) is 0 Å². The van der Waals surface area contributed by atoms with Crippen molar-refractivity contribution in [2.75, 3.05) is 32.5 Å². The molecule has 1 aromatic carbocycles. The van der Waals surface area contributed by atoms with Crippen LogP contribution in [0.4, 0.5) is 14.5 Å². The van der Waals surface area contributed by atoms with Gasteiger partial charge >= 0.3 is 0 Å². The molecule has 1 rings (SSSR count). The van der Waals surface area contributed by atoms with Crippen molar-refractivity contribution in [1.82, 2.24) is 4.90 Å². The Kier molecular flexibility index (Phi) is 5.15. The van der Waals surface area contributed by atoms with E-state index < -0.39 is 11.6 Å². The molecule has 2 nitrogen and oxygen atoms in total. The lowest BCUT2D eigenvalue weighted by molar-refractivity contribution is 0.405. The lowest BCUT2D eigenvalue weighted by atomic mass is 10.3. The summed E-state index contributed by atoms with van der Waals surface area (Å²) in [6.07, 6.45) is 0.899. The summed E-state index contributed by atoms with van der Waals surface area (Å²) >= 11 is 3.13. The lowest BCUT2D eigenvalue weighted by Crippen LogP contribution is -2.16. The second-order valence-electron chi connectivity index (χ2n) is 3.83. The van der Waals surface area contributed by atoms with E-state index in [1.807, 2.05) is 14.1 Å². The van der Waals surface area contributed by atoms with Crippen LogP contribution in [0.5, 0.6) is 0 Å². The van der Waals surface area contributed by atoms with Gasteiger partial charge in [0.2, 0.25) is 0 Å². The zero-order chi connectivity index (χ0) is 12.1. The average molecular weight is 293 g/mol. The van der Waals surface area contributed by atoms with E-state index in [1.54, 1.807) is 0 Å². The Morgan fingerprint density at radius 2 is 2.00 bits per heavy atom. The fourth-order valence-electron chi connectivity index (χ4n) is 1.32. The normalized spacial score (nSPS) is 10.9. The highest BCUT2D eigenvalue weighted by Gasteiger charge is 2.08. The van der Waals surface area contributed by atoms with Crippen molar-refractivity contribution in [3.63, 3.8) is 0 Å². The van der Waals surface area contributed by atoms with Gasteiger partial charge in [-0.2, -0.15) is 0 Å². The maximum atomic E-state index is 13.4. The Morgan fingerprint density at radius 1 is 1.31 bits per heavy atom. The Bertz CT molecular complexity index is 333. The summed E-state index contributed by atoms with van der Waals surface area (Å²) in [5.41, 5.74) is 0.320. The second-order valence-corrected chi connectivity index (χ2v) is 4.68. The van der Waals surface area contributed by atoms with E-state index in [4.69, 9.17) is 0 Å². The maximum Gasteiger partial charge on any atom is 0.150 e. The molecule has 0 amide bonds. The Hall–Kier alpha value is -0.680. The minimum Gasteiger partial charge on any atom is -0.382 e. The molecule has 0 aromatic heterocycles. The highest BCUT2D eigenvalue weighted by molar-refractivity contribution is 9.10. The van der Waals surface area contributed by atoms with Crippen LogP contribution in [0.25, 0.3) is 0 Å². The Labute approximate surface area is 103 Å². The van der Waals surface area contributed by atoms with Crippen molar-refractivity contribution in [2.45, 2.75) is 6.42 Å². The van der Waals surface area contributed by atoms with Crippen molar-refractivity contribution in [3.05, 3.63) is 28.2 Å². The van der Waals surface area contributed by atoms with E-state index in [-0.39, 0.29) is 0 Å². The molecule has 90 valence electrons. The van der Waals surface area contributed by atoms with E-state index in [0.29, 0.717) is 16.7 Å². The molecular formula is C11H15BrF2N2. The first-order valence-corrected chi connectivity index (χ1v) is 5.83.